The number of phenolic OH excluding ortho intramolecular Hbond substituents is 1. The molecular formula is C15H12BrN5O2. The molecule has 0 bridgehead atoms. The van der Waals surface area contributed by atoms with Gasteiger partial charge >= 0.3 is 0 Å². The van der Waals surface area contributed by atoms with E-state index < -0.39 is 0 Å². The van der Waals surface area contributed by atoms with Crippen LogP contribution in [0.2, 0.25) is 0 Å². The molecule has 8 heteroatoms. The average Bonchev–Trinajstić information content (AvgIpc) is 3.07. The quantitative estimate of drug-likeness (QED) is 0.731. The fourth-order valence-corrected chi connectivity index (χ4v) is 2.41. The molecule has 116 valence electrons. The Morgan fingerprint density at radius 2 is 2.00 bits per heavy atom. The smallest absolute Gasteiger partial charge is 0.228 e. The summed E-state index contributed by atoms with van der Waals surface area (Å²) in [7, 11) is 0. The first-order valence-electron chi connectivity index (χ1n) is 6.73. The molecule has 0 saturated heterocycles. The molecule has 1 aromatic heterocycles. The number of nitrogens with one attached hydrogen (secondary N) is 1. The van der Waals surface area contributed by atoms with Crippen molar-refractivity contribution in [3.8, 4) is 11.4 Å². The van der Waals surface area contributed by atoms with E-state index in [0.29, 0.717) is 10.2 Å². The second-order valence-corrected chi connectivity index (χ2v) is 5.58. The van der Waals surface area contributed by atoms with Crippen molar-refractivity contribution in [1.29, 1.82) is 0 Å². The molecule has 0 saturated carbocycles. The summed E-state index contributed by atoms with van der Waals surface area (Å²) in [5.74, 6) is -0.0972. The summed E-state index contributed by atoms with van der Waals surface area (Å²) in [6.07, 6.45) is 1.72. The van der Waals surface area contributed by atoms with Crippen LogP contribution in [-0.2, 0) is 11.2 Å². The van der Waals surface area contributed by atoms with Gasteiger partial charge in [-0.15, -0.1) is 5.10 Å². The summed E-state index contributed by atoms with van der Waals surface area (Å²) in [5, 5.41) is 23.3. The zero-order valence-electron chi connectivity index (χ0n) is 11.8. The van der Waals surface area contributed by atoms with Crippen LogP contribution in [0, 0.1) is 0 Å². The summed E-state index contributed by atoms with van der Waals surface area (Å²) in [6, 6.07) is 12.3. The van der Waals surface area contributed by atoms with Gasteiger partial charge in [0.1, 0.15) is 12.1 Å². The number of benzene rings is 2. The van der Waals surface area contributed by atoms with E-state index in [4.69, 9.17) is 0 Å². The number of carbonyl (C=O) groups excluding carboxylic acids is 1. The van der Waals surface area contributed by atoms with E-state index in [2.05, 4.69) is 36.8 Å². The molecular weight excluding hydrogens is 362 g/mol. The predicted octanol–water partition coefficient (Wildman–Crippen LogP) is 2.31. The van der Waals surface area contributed by atoms with E-state index in [1.165, 1.54) is 17.1 Å². The van der Waals surface area contributed by atoms with Gasteiger partial charge in [0.15, 0.2) is 0 Å². The average molecular weight is 374 g/mol. The van der Waals surface area contributed by atoms with Gasteiger partial charge in [-0.25, -0.2) is 4.68 Å². The molecule has 0 aliphatic heterocycles. The fourth-order valence-electron chi connectivity index (χ4n) is 2.04. The Morgan fingerprint density at radius 1 is 1.22 bits per heavy atom. The van der Waals surface area contributed by atoms with Gasteiger partial charge in [-0.2, -0.15) is 0 Å². The maximum atomic E-state index is 12.1. The number of nitrogens with zero attached hydrogens (tertiary/aromatic N) is 4. The first-order chi connectivity index (χ1) is 11.1. The zero-order valence-corrected chi connectivity index (χ0v) is 13.4. The SMILES string of the molecule is O=C(Cc1ccc(-n2cnnn2)cc1)Nc1cccc(O)c1Br. The zero-order chi connectivity index (χ0) is 16.2. The molecule has 3 aromatic rings. The predicted molar refractivity (Wildman–Crippen MR) is 87.3 cm³/mol. The maximum absolute atomic E-state index is 12.1. The highest BCUT2D eigenvalue weighted by molar-refractivity contribution is 9.10. The van der Waals surface area contributed by atoms with Crippen LogP contribution in [0.3, 0.4) is 0 Å². The number of amides is 1. The summed E-state index contributed by atoms with van der Waals surface area (Å²) in [6.45, 7) is 0. The van der Waals surface area contributed by atoms with Crippen LogP contribution < -0.4 is 5.32 Å². The Bertz CT molecular complexity index is 818. The third kappa shape index (κ3) is 3.54. The number of hydrogen-bond donors (Lipinski definition) is 2. The highest BCUT2D eigenvalue weighted by Gasteiger charge is 2.09. The van der Waals surface area contributed by atoms with Crippen molar-refractivity contribution in [2.24, 2.45) is 0 Å². The molecule has 0 fully saturated rings. The topological polar surface area (TPSA) is 92.9 Å². The van der Waals surface area contributed by atoms with Crippen LogP contribution in [0.1, 0.15) is 5.56 Å². The molecule has 3 rings (SSSR count). The van der Waals surface area contributed by atoms with E-state index in [0.717, 1.165) is 11.3 Å². The molecule has 2 N–H and O–H groups in total. The number of aromatic nitrogens is 4. The largest absolute Gasteiger partial charge is 0.507 e. The third-order valence-electron chi connectivity index (χ3n) is 3.17. The number of carbonyl (C=O) groups is 1. The van der Waals surface area contributed by atoms with Gasteiger partial charge in [0.25, 0.3) is 0 Å². The van der Waals surface area contributed by atoms with E-state index in [-0.39, 0.29) is 18.1 Å². The van der Waals surface area contributed by atoms with Crippen LogP contribution in [0.15, 0.2) is 53.3 Å². The Labute approximate surface area is 140 Å². The summed E-state index contributed by atoms with van der Waals surface area (Å²) >= 11 is 3.24. The first-order valence-corrected chi connectivity index (χ1v) is 7.52. The lowest BCUT2D eigenvalue weighted by Gasteiger charge is -2.09. The van der Waals surface area contributed by atoms with Crippen LogP contribution in [0.5, 0.6) is 5.75 Å². The van der Waals surface area contributed by atoms with Gasteiger partial charge in [0, 0.05) is 0 Å². The van der Waals surface area contributed by atoms with Crippen molar-refractivity contribution in [1.82, 2.24) is 20.2 Å². The highest BCUT2D eigenvalue weighted by atomic mass is 79.9. The van der Waals surface area contributed by atoms with Gasteiger partial charge < -0.3 is 10.4 Å². The minimum absolute atomic E-state index is 0.0774. The summed E-state index contributed by atoms with van der Waals surface area (Å²) in [5.41, 5.74) is 2.20. The lowest BCUT2D eigenvalue weighted by Crippen LogP contribution is -2.14. The van der Waals surface area contributed by atoms with Gasteiger partial charge in [0.2, 0.25) is 5.91 Å². The normalized spacial score (nSPS) is 10.5. The number of hydrogen-bond acceptors (Lipinski definition) is 5. The monoisotopic (exact) mass is 373 g/mol. The molecule has 0 spiro atoms. The minimum Gasteiger partial charge on any atom is -0.507 e. The van der Waals surface area contributed by atoms with E-state index in [1.54, 1.807) is 12.1 Å². The number of phenols is 1. The molecule has 0 aliphatic carbocycles. The Balaban J connectivity index is 1.67. The third-order valence-corrected chi connectivity index (χ3v) is 4.00. The van der Waals surface area contributed by atoms with Crippen LogP contribution >= 0.6 is 15.9 Å². The number of rotatable bonds is 4. The number of aromatic hydroxyl groups is 1. The van der Waals surface area contributed by atoms with Crippen molar-refractivity contribution in [2.75, 3.05) is 5.32 Å². The van der Waals surface area contributed by atoms with Crippen LogP contribution in [0.25, 0.3) is 5.69 Å². The molecule has 1 heterocycles. The standard InChI is InChI=1S/C15H12BrN5O2/c16-15-12(2-1-3-13(15)22)18-14(23)8-10-4-6-11(7-5-10)21-9-17-19-20-21/h1-7,9,22H,8H2,(H,18,23). The first kappa shape index (κ1) is 15.2. The Kier molecular flexibility index (Phi) is 4.33. The van der Waals surface area contributed by atoms with E-state index in [1.807, 2.05) is 24.3 Å². The Morgan fingerprint density at radius 3 is 2.70 bits per heavy atom. The second kappa shape index (κ2) is 6.57. The van der Waals surface area contributed by atoms with Crippen molar-refractivity contribution in [2.45, 2.75) is 6.42 Å². The molecule has 0 atom stereocenters. The van der Waals surface area contributed by atoms with E-state index in [9.17, 15) is 9.90 Å². The van der Waals surface area contributed by atoms with Crippen LogP contribution in [-0.4, -0.2) is 31.2 Å². The number of anilines is 1. The van der Waals surface area contributed by atoms with Gasteiger partial charge in [-0.3, -0.25) is 4.79 Å². The molecule has 7 nitrogen and oxygen atoms in total. The molecule has 0 unspecified atom stereocenters. The highest BCUT2D eigenvalue weighted by Crippen LogP contribution is 2.31. The lowest BCUT2D eigenvalue weighted by molar-refractivity contribution is -0.115. The molecule has 1 amide bonds. The van der Waals surface area contributed by atoms with Crippen LogP contribution in [0.4, 0.5) is 5.69 Å². The Hall–Kier alpha value is -2.74. The molecule has 2 aromatic carbocycles. The van der Waals surface area contributed by atoms with Gasteiger partial charge in [-0.05, 0) is 56.2 Å². The fraction of sp³-hybridized carbons (Fsp3) is 0.0667. The minimum atomic E-state index is -0.175. The van der Waals surface area contributed by atoms with Crippen molar-refractivity contribution < 1.29 is 9.90 Å². The number of tetrazole rings is 1. The molecule has 0 radical (unpaired) electrons. The van der Waals surface area contributed by atoms with Crippen molar-refractivity contribution in [3.05, 3.63) is 58.8 Å². The van der Waals surface area contributed by atoms with Gasteiger partial charge in [-0.1, -0.05) is 18.2 Å². The van der Waals surface area contributed by atoms with Crippen molar-refractivity contribution >= 4 is 27.5 Å². The molecule has 23 heavy (non-hydrogen) atoms. The van der Waals surface area contributed by atoms with Gasteiger partial charge in [0.05, 0.1) is 22.3 Å². The summed E-state index contributed by atoms with van der Waals surface area (Å²) in [4.78, 5) is 12.1. The number of halogens is 1. The lowest BCUT2D eigenvalue weighted by atomic mass is 10.1. The second-order valence-electron chi connectivity index (χ2n) is 4.78. The maximum Gasteiger partial charge on any atom is 0.228 e. The molecule has 0 aliphatic rings. The summed E-state index contributed by atoms with van der Waals surface area (Å²) < 4.78 is 2.00. The van der Waals surface area contributed by atoms with Crippen molar-refractivity contribution in [3.63, 3.8) is 0 Å². The van der Waals surface area contributed by atoms with E-state index >= 15 is 0 Å².